The molecular formula is C12H24N2O2. The minimum Gasteiger partial charge on any atom is -0.465 e. The maximum atomic E-state index is 11.7. The smallest absolute Gasteiger partial charge is 0.324 e. The van der Waals surface area contributed by atoms with Crippen LogP contribution in [0.15, 0.2) is 0 Å². The first kappa shape index (κ1) is 13.5. The second kappa shape index (κ2) is 6.21. The summed E-state index contributed by atoms with van der Waals surface area (Å²) in [7, 11) is 0. The van der Waals surface area contributed by atoms with Gasteiger partial charge < -0.3 is 10.5 Å². The fourth-order valence-corrected chi connectivity index (χ4v) is 2.48. The molecule has 0 aromatic carbocycles. The first-order chi connectivity index (χ1) is 7.57. The Hall–Kier alpha value is -0.610. The fraction of sp³-hybridized carbons (Fsp3) is 0.917. The molecular weight excluding hydrogens is 204 g/mol. The fourth-order valence-electron chi connectivity index (χ4n) is 2.48. The Morgan fingerprint density at radius 1 is 1.38 bits per heavy atom. The van der Waals surface area contributed by atoms with Gasteiger partial charge in [0.25, 0.3) is 0 Å². The van der Waals surface area contributed by atoms with Crippen LogP contribution in [-0.2, 0) is 9.53 Å². The Bertz CT molecular complexity index is 225. The molecule has 1 aliphatic heterocycles. The second-order valence-electron chi connectivity index (χ2n) is 4.76. The van der Waals surface area contributed by atoms with Gasteiger partial charge in [-0.1, -0.05) is 13.8 Å². The predicted molar refractivity (Wildman–Crippen MR) is 64.0 cm³/mol. The van der Waals surface area contributed by atoms with Gasteiger partial charge in [-0.05, 0) is 38.8 Å². The van der Waals surface area contributed by atoms with Crippen LogP contribution in [0.3, 0.4) is 0 Å². The van der Waals surface area contributed by atoms with Crippen molar-refractivity contribution in [1.82, 2.24) is 4.90 Å². The maximum Gasteiger partial charge on any atom is 0.324 e. The zero-order valence-corrected chi connectivity index (χ0v) is 10.6. The molecule has 0 unspecified atom stereocenters. The van der Waals surface area contributed by atoms with Crippen LogP contribution >= 0.6 is 0 Å². The van der Waals surface area contributed by atoms with E-state index in [4.69, 9.17) is 10.5 Å². The van der Waals surface area contributed by atoms with Crippen molar-refractivity contribution in [2.45, 2.75) is 45.7 Å². The summed E-state index contributed by atoms with van der Waals surface area (Å²) in [5.41, 5.74) is 6.01. The zero-order valence-electron chi connectivity index (χ0n) is 10.6. The Labute approximate surface area is 98.1 Å². The summed E-state index contributed by atoms with van der Waals surface area (Å²) in [5.74, 6) is 0.102. The minimum absolute atomic E-state index is 0.113. The molecule has 4 heteroatoms. The van der Waals surface area contributed by atoms with Crippen molar-refractivity contribution in [3.63, 3.8) is 0 Å². The molecule has 1 fully saturated rings. The van der Waals surface area contributed by atoms with Gasteiger partial charge in [-0.3, -0.25) is 9.69 Å². The highest BCUT2D eigenvalue weighted by atomic mass is 16.5. The van der Waals surface area contributed by atoms with Gasteiger partial charge in [0, 0.05) is 6.04 Å². The van der Waals surface area contributed by atoms with Crippen LogP contribution in [0.25, 0.3) is 0 Å². The van der Waals surface area contributed by atoms with Crippen LogP contribution < -0.4 is 5.73 Å². The van der Waals surface area contributed by atoms with Crippen LogP contribution in [0.1, 0.15) is 33.6 Å². The molecule has 0 bridgehead atoms. The van der Waals surface area contributed by atoms with Gasteiger partial charge in [-0.15, -0.1) is 0 Å². The quantitative estimate of drug-likeness (QED) is 0.713. The van der Waals surface area contributed by atoms with Crippen molar-refractivity contribution in [2.24, 2.45) is 11.7 Å². The minimum atomic E-state index is -0.516. The normalized spacial score (nSPS) is 21.1. The predicted octanol–water partition coefficient (Wildman–Crippen LogP) is 0.997. The zero-order chi connectivity index (χ0) is 12.1. The number of carbonyl (C=O) groups excluding carboxylic acids is 1. The summed E-state index contributed by atoms with van der Waals surface area (Å²) in [5, 5.41) is 0. The molecule has 1 aliphatic rings. The average molecular weight is 228 g/mol. The number of nitrogens with two attached hydrogens (primary N) is 1. The van der Waals surface area contributed by atoms with Gasteiger partial charge in [0.1, 0.15) is 6.04 Å². The number of rotatable bonds is 5. The highest BCUT2D eigenvalue weighted by Crippen LogP contribution is 2.20. The third-order valence-corrected chi connectivity index (χ3v) is 3.17. The van der Waals surface area contributed by atoms with Gasteiger partial charge in [0.05, 0.1) is 6.61 Å². The summed E-state index contributed by atoms with van der Waals surface area (Å²) < 4.78 is 5.00. The molecule has 16 heavy (non-hydrogen) atoms. The summed E-state index contributed by atoms with van der Waals surface area (Å²) in [6.45, 7) is 8.54. The molecule has 1 heterocycles. The van der Waals surface area contributed by atoms with E-state index in [1.165, 1.54) is 12.8 Å². The third-order valence-electron chi connectivity index (χ3n) is 3.17. The van der Waals surface area contributed by atoms with Gasteiger partial charge in [0.2, 0.25) is 0 Å². The summed E-state index contributed by atoms with van der Waals surface area (Å²) in [6, 6.07) is -0.403. The Kier molecular flexibility index (Phi) is 5.22. The molecule has 0 spiro atoms. The van der Waals surface area contributed by atoms with Crippen molar-refractivity contribution < 1.29 is 9.53 Å². The van der Waals surface area contributed by atoms with Gasteiger partial charge in [-0.25, -0.2) is 0 Å². The first-order valence-electron chi connectivity index (χ1n) is 6.24. The average Bonchev–Trinajstić information content (AvgIpc) is 2.71. The third kappa shape index (κ3) is 3.19. The molecule has 2 N–H and O–H groups in total. The molecule has 4 nitrogen and oxygen atoms in total. The Morgan fingerprint density at radius 3 is 2.38 bits per heavy atom. The monoisotopic (exact) mass is 228 g/mol. The van der Waals surface area contributed by atoms with E-state index in [0.717, 1.165) is 13.1 Å². The largest absolute Gasteiger partial charge is 0.465 e. The number of ether oxygens (including phenoxy) is 1. The SMILES string of the molecule is CCOC(=O)[C@H](N)[C@H](C(C)C)N1CCCC1. The Balaban J connectivity index is 2.64. The number of nitrogens with zero attached hydrogens (tertiary/aromatic N) is 1. The van der Waals surface area contributed by atoms with E-state index < -0.39 is 6.04 Å². The lowest BCUT2D eigenvalue weighted by Gasteiger charge is -2.34. The summed E-state index contributed by atoms with van der Waals surface area (Å²) in [6.07, 6.45) is 2.41. The van der Waals surface area contributed by atoms with Gasteiger partial charge in [0.15, 0.2) is 0 Å². The van der Waals surface area contributed by atoms with Crippen LogP contribution in [0.4, 0.5) is 0 Å². The van der Waals surface area contributed by atoms with Crippen molar-refractivity contribution in [2.75, 3.05) is 19.7 Å². The second-order valence-corrected chi connectivity index (χ2v) is 4.76. The van der Waals surface area contributed by atoms with Crippen molar-refractivity contribution in [1.29, 1.82) is 0 Å². The number of esters is 1. The number of carbonyl (C=O) groups is 1. The van der Waals surface area contributed by atoms with Crippen LogP contribution in [0.5, 0.6) is 0 Å². The molecule has 0 aliphatic carbocycles. The number of hydrogen-bond donors (Lipinski definition) is 1. The van der Waals surface area contributed by atoms with E-state index in [-0.39, 0.29) is 12.0 Å². The Morgan fingerprint density at radius 2 is 1.94 bits per heavy atom. The molecule has 0 aromatic heterocycles. The van der Waals surface area contributed by atoms with Crippen molar-refractivity contribution >= 4 is 5.97 Å². The van der Waals surface area contributed by atoms with Crippen LogP contribution in [-0.4, -0.2) is 42.6 Å². The molecule has 94 valence electrons. The summed E-state index contributed by atoms with van der Waals surface area (Å²) >= 11 is 0. The first-order valence-corrected chi connectivity index (χ1v) is 6.24. The molecule has 0 radical (unpaired) electrons. The van der Waals surface area contributed by atoms with Gasteiger partial charge in [-0.2, -0.15) is 0 Å². The van der Waals surface area contributed by atoms with E-state index >= 15 is 0 Å². The maximum absolute atomic E-state index is 11.7. The van der Waals surface area contributed by atoms with Crippen LogP contribution in [0, 0.1) is 5.92 Å². The van der Waals surface area contributed by atoms with Gasteiger partial charge >= 0.3 is 5.97 Å². The van der Waals surface area contributed by atoms with E-state index in [1.54, 1.807) is 0 Å². The standard InChI is InChI=1S/C12H24N2O2/c1-4-16-12(15)10(13)11(9(2)3)14-7-5-6-8-14/h9-11H,4-8,13H2,1-3H3/t10-,11+/m1/s1. The number of likely N-dealkylation sites (tertiary alicyclic amines) is 1. The molecule has 0 amide bonds. The molecule has 1 saturated heterocycles. The topological polar surface area (TPSA) is 55.6 Å². The number of hydrogen-bond acceptors (Lipinski definition) is 4. The van der Waals surface area contributed by atoms with Crippen molar-refractivity contribution in [3.8, 4) is 0 Å². The summed E-state index contributed by atoms with van der Waals surface area (Å²) in [4.78, 5) is 14.0. The van der Waals surface area contributed by atoms with Crippen LogP contribution in [0.2, 0.25) is 0 Å². The lowest BCUT2D eigenvalue weighted by atomic mass is 9.95. The lowest BCUT2D eigenvalue weighted by molar-refractivity contribution is -0.146. The van der Waals surface area contributed by atoms with E-state index in [1.807, 2.05) is 6.92 Å². The molecule has 1 rings (SSSR count). The lowest BCUT2D eigenvalue weighted by Crippen LogP contribution is -2.54. The van der Waals surface area contributed by atoms with Crippen molar-refractivity contribution in [3.05, 3.63) is 0 Å². The highest BCUT2D eigenvalue weighted by molar-refractivity contribution is 5.76. The van der Waals surface area contributed by atoms with E-state index in [0.29, 0.717) is 12.5 Å². The van der Waals surface area contributed by atoms with E-state index in [9.17, 15) is 4.79 Å². The van der Waals surface area contributed by atoms with E-state index in [2.05, 4.69) is 18.7 Å². The molecule has 0 aromatic rings. The molecule has 0 saturated carbocycles. The highest BCUT2D eigenvalue weighted by Gasteiger charge is 2.34. The molecule has 2 atom stereocenters.